The highest BCUT2D eigenvalue weighted by Crippen LogP contribution is 2.28. The Morgan fingerprint density at radius 3 is 3.14 bits per heavy atom. The Morgan fingerprint density at radius 2 is 2.50 bits per heavy atom. The van der Waals surface area contributed by atoms with Crippen LogP contribution in [0.2, 0.25) is 0 Å². The summed E-state index contributed by atoms with van der Waals surface area (Å²) in [5.41, 5.74) is 0. The van der Waals surface area contributed by atoms with Gasteiger partial charge in [0, 0.05) is 19.4 Å². The third-order valence-electron chi connectivity index (χ3n) is 2.82. The first-order valence-electron chi connectivity index (χ1n) is 5.10. The Kier molecular flexibility index (Phi) is 2.68. The molecular formula is C11H15NO2. The number of likely N-dealkylation sites (tertiary alicyclic amines) is 1. The van der Waals surface area contributed by atoms with Crippen LogP contribution in [0, 0.1) is 0 Å². The first-order valence-corrected chi connectivity index (χ1v) is 5.10. The smallest absolute Gasteiger partial charge is 0.136 e. The molecule has 1 unspecified atom stereocenters. The molecule has 1 saturated heterocycles. The number of nitrogens with zero attached hydrogens (tertiary/aromatic N) is 1. The maximum atomic E-state index is 11.4. The van der Waals surface area contributed by atoms with Gasteiger partial charge in [-0.1, -0.05) is 6.92 Å². The minimum Gasteiger partial charge on any atom is -0.468 e. The van der Waals surface area contributed by atoms with E-state index in [0.29, 0.717) is 18.6 Å². The Labute approximate surface area is 83.7 Å². The molecule has 14 heavy (non-hydrogen) atoms. The highest BCUT2D eigenvalue weighted by Gasteiger charge is 2.28. The molecule has 3 nitrogen and oxygen atoms in total. The number of carbonyl (C=O) groups is 1. The fourth-order valence-corrected chi connectivity index (χ4v) is 2.01. The lowest BCUT2D eigenvalue weighted by Gasteiger charge is -2.32. The zero-order chi connectivity index (χ0) is 9.97. The lowest BCUT2D eigenvalue weighted by molar-refractivity contribution is -0.123. The Balaban J connectivity index is 2.17. The Bertz CT molecular complexity index is 305. The van der Waals surface area contributed by atoms with Gasteiger partial charge in [-0.2, -0.15) is 0 Å². The quantitative estimate of drug-likeness (QED) is 0.720. The highest BCUT2D eigenvalue weighted by atomic mass is 16.3. The molecule has 0 aliphatic carbocycles. The monoisotopic (exact) mass is 193 g/mol. The van der Waals surface area contributed by atoms with Gasteiger partial charge in [-0.15, -0.1) is 0 Å². The number of hydrogen-bond donors (Lipinski definition) is 0. The molecule has 1 atom stereocenters. The summed E-state index contributed by atoms with van der Waals surface area (Å²) >= 11 is 0. The first-order chi connectivity index (χ1) is 6.81. The Morgan fingerprint density at radius 1 is 1.64 bits per heavy atom. The molecule has 1 aromatic heterocycles. The minimum absolute atomic E-state index is 0.163. The van der Waals surface area contributed by atoms with Crippen molar-refractivity contribution < 1.29 is 9.21 Å². The van der Waals surface area contributed by atoms with Crippen LogP contribution in [-0.4, -0.2) is 23.8 Å². The molecule has 0 radical (unpaired) electrons. The second-order valence-corrected chi connectivity index (χ2v) is 3.65. The number of ketones is 1. The van der Waals surface area contributed by atoms with Gasteiger partial charge in [0.05, 0.1) is 12.3 Å². The molecule has 0 amide bonds. The van der Waals surface area contributed by atoms with Crippen LogP contribution in [0.4, 0.5) is 0 Å². The first kappa shape index (κ1) is 9.46. The third-order valence-corrected chi connectivity index (χ3v) is 2.82. The van der Waals surface area contributed by atoms with E-state index in [2.05, 4.69) is 11.8 Å². The number of carbonyl (C=O) groups excluding carboxylic acids is 1. The summed E-state index contributed by atoms with van der Waals surface area (Å²) in [6.45, 7) is 3.95. The zero-order valence-electron chi connectivity index (χ0n) is 8.40. The molecule has 2 rings (SSSR count). The summed E-state index contributed by atoms with van der Waals surface area (Å²) in [7, 11) is 0. The number of hydrogen-bond acceptors (Lipinski definition) is 3. The zero-order valence-corrected chi connectivity index (χ0v) is 8.40. The van der Waals surface area contributed by atoms with Crippen molar-refractivity contribution in [3.8, 4) is 0 Å². The molecule has 1 aliphatic rings. The van der Waals surface area contributed by atoms with E-state index in [0.717, 1.165) is 18.8 Å². The highest BCUT2D eigenvalue weighted by molar-refractivity contribution is 5.80. The average molecular weight is 193 g/mol. The van der Waals surface area contributed by atoms with Crippen molar-refractivity contribution in [3.05, 3.63) is 24.2 Å². The molecule has 0 spiro atoms. The van der Waals surface area contributed by atoms with Crippen LogP contribution in [0.1, 0.15) is 31.6 Å². The molecule has 1 aromatic rings. The minimum atomic E-state index is 0.163. The molecular weight excluding hydrogens is 178 g/mol. The van der Waals surface area contributed by atoms with E-state index in [4.69, 9.17) is 4.42 Å². The molecule has 76 valence electrons. The van der Waals surface area contributed by atoms with Crippen LogP contribution in [0.3, 0.4) is 0 Å². The standard InChI is InChI=1S/C11H15NO2/c1-2-12-6-5-9(13)8-10(12)11-4-3-7-14-11/h3-4,7,10H,2,5-6,8H2,1H3. The number of rotatable bonds is 2. The normalized spacial score (nSPS) is 24.1. The van der Waals surface area contributed by atoms with E-state index in [9.17, 15) is 4.79 Å². The predicted octanol–water partition coefficient (Wildman–Crippen LogP) is 2.01. The van der Waals surface area contributed by atoms with Crippen LogP contribution < -0.4 is 0 Å². The van der Waals surface area contributed by atoms with Crippen molar-refractivity contribution in [2.75, 3.05) is 13.1 Å². The summed E-state index contributed by atoms with van der Waals surface area (Å²) in [4.78, 5) is 13.7. The summed E-state index contributed by atoms with van der Waals surface area (Å²) in [5.74, 6) is 1.26. The van der Waals surface area contributed by atoms with Crippen LogP contribution in [0.25, 0.3) is 0 Å². The van der Waals surface area contributed by atoms with Crippen molar-refractivity contribution >= 4 is 5.78 Å². The van der Waals surface area contributed by atoms with Crippen LogP contribution >= 0.6 is 0 Å². The largest absolute Gasteiger partial charge is 0.468 e. The molecule has 0 bridgehead atoms. The van der Waals surface area contributed by atoms with Gasteiger partial charge in [-0.05, 0) is 18.7 Å². The van der Waals surface area contributed by atoms with Crippen molar-refractivity contribution in [1.29, 1.82) is 0 Å². The van der Waals surface area contributed by atoms with Gasteiger partial charge >= 0.3 is 0 Å². The van der Waals surface area contributed by atoms with Gasteiger partial charge in [0.2, 0.25) is 0 Å². The van der Waals surface area contributed by atoms with E-state index in [1.807, 2.05) is 12.1 Å². The second kappa shape index (κ2) is 3.96. The molecule has 1 fully saturated rings. The molecule has 0 aromatic carbocycles. The van der Waals surface area contributed by atoms with Crippen LogP contribution in [0.5, 0.6) is 0 Å². The van der Waals surface area contributed by atoms with E-state index in [1.54, 1.807) is 6.26 Å². The molecule has 0 saturated carbocycles. The van der Waals surface area contributed by atoms with Gasteiger partial charge in [0.25, 0.3) is 0 Å². The molecule has 3 heteroatoms. The fraction of sp³-hybridized carbons (Fsp3) is 0.545. The number of Topliss-reactive ketones (excluding diaryl/α,β-unsaturated/α-hetero) is 1. The third kappa shape index (κ3) is 1.73. The summed E-state index contributed by atoms with van der Waals surface area (Å²) in [6.07, 6.45) is 2.95. The van der Waals surface area contributed by atoms with Crippen LogP contribution in [-0.2, 0) is 4.79 Å². The van der Waals surface area contributed by atoms with Crippen molar-refractivity contribution in [2.24, 2.45) is 0 Å². The van der Waals surface area contributed by atoms with Gasteiger partial charge < -0.3 is 4.42 Å². The maximum absolute atomic E-state index is 11.4. The summed E-state index contributed by atoms with van der Waals surface area (Å²) in [6, 6.07) is 3.99. The summed E-state index contributed by atoms with van der Waals surface area (Å²) < 4.78 is 5.36. The lowest BCUT2D eigenvalue weighted by Crippen LogP contribution is -2.36. The van der Waals surface area contributed by atoms with E-state index >= 15 is 0 Å². The fourth-order valence-electron chi connectivity index (χ4n) is 2.01. The molecule has 2 heterocycles. The van der Waals surface area contributed by atoms with Crippen molar-refractivity contribution in [1.82, 2.24) is 4.90 Å². The van der Waals surface area contributed by atoms with Gasteiger partial charge in [0.1, 0.15) is 11.5 Å². The number of piperidine rings is 1. The van der Waals surface area contributed by atoms with Crippen molar-refractivity contribution in [3.63, 3.8) is 0 Å². The van der Waals surface area contributed by atoms with E-state index in [-0.39, 0.29) is 6.04 Å². The van der Waals surface area contributed by atoms with Gasteiger partial charge in [-0.3, -0.25) is 9.69 Å². The molecule has 0 N–H and O–H groups in total. The predicted molar refractivity (Wildman–Crippen MR) is 52.9 cm³/mol. The SMILES string of the molecule is CCN1CCC(=O)CC1c1ccco1. The van der Waals surface area contributed by atoms with Gasteiger partial charge in [0.15, 0.2) is 0 Å². The lowest BCUT2D eigenvalue weighted by atomic mass is 9.99. The summed E-state index contributed by atoms with van der Waals surface area (Å²) in [5, 5.41) is 0. The maximum Gasteiger partial charge on any atom is 0.136 e. The van der Waals surface area contributed by atoms with Crippen molar-refractivity contribution in [2.45, 2.75) is 25.8 Å². The van der Waals surface area contributed by atoms with Gasteiger partial charge in [-0.25, -0.2) is 0 Å². The average Bonchev–Trinajstić information content (AvgIpc) is 2.70. The van der Waals surface area contributed by atoms with E-state index < -0.39 is 0 Å². The Hall–Kier alpha value is -1.09. The molecule has 1 aliphatic heterocycles. The van der Waals surface area contributed by atoms with E-state index in [1.165, 1.54) is 0 Å². The number of furan rings is 1. The van der Waals surface area contributed by atoms with Crippen LogP contribution in [0.15, 0.2) is 22.8 Å². The second-order valence-electron chi connectivity index (χ2n) is 3.65. The topological polar surface area (TPSA) is 33.5 Å².